The third kappa shape index (κ3) is 3.07. The summed E-state index contributed by atoms with van der Waals surface area (Å²) < 4.78 is 5.33. The molecule has 1 N–H and O–H groups in total. The highest BCUT2D eigenvalue weighted by molar-refractivity contribution is 5.87. The monoisotopic (exact) mass is 311 g/mol. The smallest absolute Gasteiger partial charge is 0.244 e. The zero-order valence-electron chi connectivity index (χ0n) is 13.3. The molecule has 0 spiro atoms. The van der Waals surface area contributed by atoms with Crippen LogP contribution < -0.4 is 10.2 Å². The van der Waals surface area contributed by atoms with E-state index in [1.165, 1.54) is 12.8 Å². The maximum atomic E-state index is 12.3. The molecule has 5 heteroatoms. The molecule has 3 atom stereocenters. The van der Waals surface area contributed by atoms with Crippen molar-refractivity contribution >= 4 is 12.1 Å². The molecule has 0 saturated heterocycles. The van der Waals surface area contributed by atoms with Crippen molar-refractivity contribution in [2.24, 2.45) is 22.4 Å². The molecule has 0 aliphatic heterocycles. The Balaban J connectivity index is 1.59. The van der Waals surface area contributed by atoms with Gasteiger partial charge in [-0.1, -0.05) is 31.9 Å². The summed E-state index contributed by atoms with van der Waals surface area (Å²) in [5.74, 6) is 1.23. The first-order valence-electron chi connectivity index (χ1n) is 8.08. The van der Waals surface area contributed by atoms with Crippen molar-refractivity contribution in [3.05, 3.63) is 29.8 Å². The predicted octanol–water partition coefficient (Wildman–Crippen LogP) is 2.87. The number of carbonyl (C=O) groups is 1. The lowest BCUT2D eigenvalue weighted by Crippen LogP contribution is -2.22. The standard InChI is InChI=1S/C18H21N3O2/c1-18-9-5-4-7-14(18)16(18)17(22)21-20-12-13-6-2-3-8-15(13)23-11-10-19/h2-3,6,8,12,14,16H,4-5,7,9,11H2,1H3,(H,21,22)/b20-12+. The molecule has 0 heterocycles. The second-order valence-corrected chi connectivity index (χ2v) is 6.55. The van der Waals surface area contributed by atoms with Crippen LogP contribution in [0.2, 0.25) is 0 Å². The third-order valence-electron chi connectivity index (χ3n) is 5.20. The van der Waals surface area contributed by atoms with Crippen LogP contribution in [-0.2, 0) is 4.79 Å². The number of para-hydroxylation sites is 1. The topological polar surface area (TPSA) is 74.5 Å². The summed E-state index contributed by atoms with van der Waals surface area (Å²) in [6.45, 7) is 2.20. The number of carbonyl (C=O) groups excluding carboxylic acids is 1. The second-order valence-electron chi connectivity index (χ2n) is 6.55. The molecule has 1 aromatic rings. The number of hydrogen-bond donors (Lipinski definition) is 1. The first-order valence-corrected chi connectivity index (χ1v) is 8.08. The maximum Gasteiger partial charge on any atom is 0.244 e. The summed E-state index contributed by atoms with van der Waals surface area (Å²) in [7, 11) is 0. The Morgan fingerprint density at radius 2 is 2.35 bits per heavy atom. The van der Waals surface area contributed by atoms with Gasteiger partial charge in [-0.15, -0.1) is 0 Å². The number of ether oxygens (including phenoxy) is 1. The minimum Gasteiger partial charge on any atom is -0.478 e. The van der Waals surface area contributed by atoms with E-state index in [4.69, 9.17) is 10.00 Å². The van der Waals surface area contributed by atoms with Gasteiger partial charge in [0, 0.05) is 11.5 Å². The Labute approximate surface area is 136 Å². The molecule has 5 nitrogen and oxygen atoms in total. The average Bonchev–Trinajstić information content (AvgIpc) is 3.19. The Bertz CT molecular complexity index is 664. The first kappa shape index (κ1) is 15.5. The Morgan fingerprint density at radius 1 is 1.52 bits per heavy atom. The van der Waals surface area contributed by atoms with Crippen LogP contribution in [0, 0.1) is 28.6 Å². The van der Waals surface area contributed by atoms with Gasteiger partial charge in [0.2, 0.25) is 5.91 Å². The number of benzene rings is 1. The number of nitrogens with zero attached hydrogens (tertiary/aromatic N) is 2. The van der Waals surface area contributed by atoms with Crippen LogP contribution in [0.4, 0.5) is 0 Å². The van der Waals surface area contributed by atoms with Gasteiger partial charge in [-0.05, 0) is 36.3 Å². The van der Waals surface area contributed by atoms with E-state index in [0.717, 1.165) is 18.4 Å². The molecule has 3 unspecified atom stereocenters. The Kier molecular flexibility index (Phi) is 4.33. The molecule has 23 heavy (non-hydrogen) atoms. The highest BCUT2D eigenvalue weighted by atomic mass is 16.5. The summed E-state index contributed by atoms with van der Waals surface area (Å²) in [6, 6.07) is 9.24. The number of amides is 1. The van der Waals surface area contributed by atoms with Crippen molar-refractivity contribution in [2.75, 3.05) is 6.61 Å². The predicted molar refractivity (Wildman–Crippen MR) is 86.8 cm³/mol. The molecule has 1 aromatic carbocycles. The number of fused-ring (bicyclic) bond motifs is 1. The maximum absolute atomic E-state index is 12.3. The quantitative estimate of drug-likeness (QED) is 0.671. The average molecular weight is 311 g/mol. The zero-order chi connectivity index (χ0) is 16.3. The van der Waals surface area contributed by atoms with Gasteiger partial charge in [-0.3, -0.25) is 4.79 Å². The minimum absolute atomic E-state index is 0.0146. The first-order chi connectivity index (χ1) is 11.2. The Morgan fingerprint density at radius 3 is 3.09 bits per heavy atom. The molecule has 2 aliphatic carbocycles. The van der Waals surface area contributed by atoms with Gasteiger partial charge in [-0.2, -0.15) is 10.4 Å². The molecule has 0 aromatic heterocycles. The van der Waals surface area contributed by atoms with Crippen LogP contribution in [0.5, 0.6) is 5.75 Å². The summed E-state index contributed by atoms with van der Waals surface area (Å²) >= 11 is 0. The molecule has 0 bridgehead atoms. The molecule has 3 rings (SSSR count). The summed E-state index contributed by atoms with van der Waals surface area (Å²) in [6.07, 6.45) is 6.33. The SMILES string of the molecule is CC12CCCCC1C2C(=O)N/N=C/c1ccccc1OCC#N. The normalized spacial score (nSPS) is 28.7. The number of rotatable bonds is 5. The van der Waals surface area contributed by atoms with E-state index in [2.05, 4.69) is 17.5 Å². The summed E-state index contributed by atoms with van der Waals surface area (Å²) in [4.78, 5) is 12.3. The van der Waals surface area contributed by atoms with Gasteiger partial charge < -0.3 is 4.74 Å². The molecular weight excluding hydrogens is 290 g/mol. The van der Waals surface area contributed by atoms with Crippen molar-refractivity contribution < 1.29 is 9.53 Å². The number of hydrazone groups is 1. The van der Waals surface area contributed by atoms with Gasteiger partial charge in [0.25, 0.3) is 0 Å². The number of nitriles is 1. The van der Waals surface area contributed by atoms with Crippen molar-refractivity contribution in [2.45, 2.75) is 32.6 Å². The van der Waals surface area contributed by atoms with E-state index in [9.17, 15) is 4.79 Å². The highest BCUT2D eigenvalue weighted by Gasteiger charge is 2.64. The minimum atomic E-state index is -0.0146. The Hall–Kier alpha value is -2.35. The van der Waals surface area contributed by atoms with Crippen molar-refractivity contribution in [1.82, 2.24) is 5.43 Å². The molecule has 2 fully saturated rings. The number of hydrogen-bond acceptors (Lipinski definition) is 4. The van der Waals surface area contributed by atoms with E-state index in [1.54, 1.807) is 12.3 Å². The molecule has 120 valence electrons. The van der Waals surface area contributed by atoms with Crippen LogP contribution in [0.15, 0.2) is 29.4 Å². The van der Waals surface area contributed by atoms with Crippen molar-refractivity contribution in [3.8, 4) is 11.8 Å². The fourth-order valence-corrected chi connectivity index (χ4v) is 3.91. The van der Waals surface area contributed by atoms with Gasteiger partial charge >= 0.3 is 0 Å². The fraction of sp³-hybridized carbons (Fsp3) is 0.500. The van der Waals surface area contributed by atoms with E-state index in [0.29, 0.717) is 11.7 Å². The van der Waals surface area contributed by atoms with Crippen LogP contribution in [-0.4, -0.2) is 18.7 Å². The van der Waals surface area contributed by atoms with Crippen LogP contribution in [0.3, 0.4) is 0 Å². The van der Waals surface area contributed by atoms with Gasteiger partial charge in [0.15, 0.2) is 6.61 Å². The molecule has 2 aliphatic rings. The summed E-state index contributed by atoms with van der Waals surface area (Å²) in [5, 5.41) is 12.7. The van der Waals surface area contributed by atoms with Gasteiger partial charge in [-0.25, -0.2) is 5.43 Å². The largest absolute Gasteiger partial charge is 0.478 e. The van der Waals surface area contributed by atoms with Crippen LogP contribution in [0.25, 0.3) is 0 Å². The highest BCUT2D eigenvalue weighted by Crippen LogP contribution is 2.66. The van der Waals surface area contributed by atoms with E-state index >= 15 is 0 Å². The van der Waals surface area contributed by atoms with Gasteiger partial charge in [0.05, 0.1) is 6.21 Å². The molecule has 2 saturated carbocycles. The van der Waals surface area contributed by atoms with Crippen LogP contribution in [0.1, 0.15) is 38.2 Å². The molecule has 0 radical (unpaired) electrons. The van der Waals surface area contributed by atoms with E-state index in [-0.39, 0.29) is 23.8 Å². The van der Waals surface area contributed by atoms with Crippen molar-refractivity contribution in [3.63, 3.8) is 0 Å². The molecule has 1 amide bonds. The van der Waals surface area contributed by atoms with E-state index in [1.807, 2.05) is 24.3 Å². The van der Waals surface area contributed by atoms with Gasteiger partial charge in [0.1, 0.15) is 11.8 Å². The second kappa shape index (κ2) is 6.41. The molecular formula is C18H21N3O2. The number of nitrogens with one attached hydrogen (secondary N) is 1. The third-order valence-corrected chi connectivity index (χ3v) is 5.20. The van der Waals surface area contributed by atoms with E-state index < -0.39 is 0 Å². The summed E-state index contributed by atoms with van der Waals surface area (Å²) in [5.41, 5.74) is 3.59. The van der Waals surface area contributed by atoms with Crippen molar-refractivity contribution in [1.29, 1.82) is 5.26 Å². The lowest BCUT2D eigenvalue weighted by atomic mass is 9.90. The zero-order valence-corrected chi connectivity index (χ0v) is 13.3. The lowest BCUT2D eigenvalue weighted by Gasteiger charge is -2.15. The lowest BCUT2D eigenvalue weighted by molar-refractivity contribution is -0.123. The van der Waals surface area contributed by atoms with Crippen LogP contribution >= 0.6 is 0 Å². The fourth-order valence-electron chi connectivity index (χ4n) is 3.91.